The summed E-state index contributed by atoms with van der Waals surface area (Å²) < 4.78 is 10.0. The number of methoxy groups -OCH3 is 1. The van der Waals surface area contributed by atoms with Crippen LogP contribution in [-0.4, -0.2) is 36.0 Å². The van der Waals surface area contributed by atoms with E-state index < -0.39 is 29.9 Å². The number of hydrogen-bond donors (Lipinski definition) is 0. The van der Waals surface area contributed by atoms with Crippen molar-refractivity contribution in [1.29, 1.82) is 0 Å². The highest BCUT2D eigenvalue weighted by Gasteiger charge is 2.47. The second-order valence-corrected chi connectivity index (χ2v) is 6.41. The number of hydrogen-bond acceptors (Lipinski definition) is 5. The van der Waals surface area contributed by atoms with Crippen LogP contribution in [0.15, 0.2) is 60.7 Å². The molecule has 2 amide bonds. The van der Waals surface area contributed by atoms with Crippen LogP contribution in [-0.2, 0) is 32.1 Å². The van der Waals surface area contributed by atoms with Crippen LogP contribution in [0.3, 0.4) is 0 Å². The Kier molecular flexibility index (Phi) is 5.86. The standard InChI is InChI=1S/C21H21NO5/c1-26-20(24)18-13-17(12-15-8-4-2-5-9-15)19(23)22(18)21(25)27-14-16-10-6-3-7-11-16/h2-11,17-18H,12-14H2,1H3/t17-,18-/m0/s1. The van der Waals surface area contributed by atoms with Crippen LogP contribution in [0.25, 0.3) is 0 Å². The Morgan fingerprint density at radius 2 is 1.59 bits per heavy atom. The Bertz CT molecular complexity index is 806. The molecule has 1 aliphatic rings. The molecule has 140 valence electrons. The van der Waals surface area contributed by atoms with E-state index in [1.165, 1.54) is 7.11 Å². The highest BCUT2D eigenvalue weighted by atomic mass is 16.6. The van der Waals surface area contributed by atoms with E-state index in [4.69, 9.17) is 9.47 Å². The number of ether oxygens (including phenoxy) is 2. The topological polar surface area (TPSA) is 72.9 Å². The van der Waals surface area contributed by atoms with Crippen LogP contribution in [0.4, 0.5) is 4.79 Å². The predicted molar refractivity (Wildman–Crippen MR) is 97.5 cm³/mol. The normalized spacial score (nSPS) is 19.0. The average molecular weight is 367 g/mol. The maximum atomic E-state index is 12.8. The van der Waals surface area contributed by atoms with Crippen LogP contribution in [0.5, 0.6) is 0 Å². The summed E-state index contributed by atoms with van der Waals surface area (Å²) in [5, 5.41) is 0. The second-order valence-electron chi connectivity index (χ2n) is 6.41. The Hall–Kier alpha value is -3.15. The van der Waals surface area contributed by atoms with Gasteiger partial charge in [0.15, 0.2) is 0 Å². The fourth-order valence-corrected chi connectivity index (χ4v) is 3.24. The van der Waals surface area contributed by atoms with Crippen molar-refractivity contribution < 1.29 is 23.9 Å². The summed E-state index contributed by atoms with van der Waals surface area (Å²) >= 11 is 0. The zero-order valence-corrected chi connectivity index (χ0v) is 15.0. The van der Waals surface area contributed by atoms with Crippen molar-refractivity contribution in [2.75, 3.05) is 7.11 Å². The van der Waals surface area contributed by atoms with Gasteiger partial charge in [-0.1, -0.05) is 60.7 Å². The first-order valence-corrected chi connectivity index (χ1v) is 8.75. The molecular formula is C21H21NO5. The van der Waals surface area contributed by atoms with Gasteiger partial charge in [-0.3, -0.25) is 4.79 Å². The van der Waals surface area contributed by atoms with E-state index in [2.05, 4.69) is 0 Å². The quantitative estimate of drug-likeness (QED) is 0.760. The zero-order chi connectivity index (χ0) is 19.2. The summed E-state index contributed by atoms with van der Waals surface area (Å²) in [5.41, 5.74) is 1.77. The van der Waals surface area contributed by atoms with E-state index in [9.17, 15) is 14.4 Å². The molecule has 0 spiro atoms. The zero-order valence-electron chi connectivity index (χ0n) is 15.0. The van der Waals surface area contributed by atoms with Crippen molar-refractivity contribution >= 4 is 18.0 Å². The van der Waals surface area contributed by atoms with Gasteiger partial charge in [-0.25, -0.2) is 14.5 Å². The summed E-state index contributed by atoms with van der Waals surface area (Å²) in [4.78, 5) is 38.4. The first-order chi connectivity index (χ1) is 13.1. The van der Waals surface area contributed by atoms with E-state index in [-0.39, 0.29) is 13.0 Å². The molecule has 27 heavy (non-hydrogen) atoms. The first kappa shape index (κ1) is 18.6. The molecule has 0 aromatic heterocycles. The lowest BCUT2D eigenvalue weighted by Gasteiger charge is -2.20. The van der Waals surface area contributed by atoms with E-state index >= 15 is 0 Å². The van der Waals surface area contributed by atoms with Crippen molar-refractivity contribution in [3.8, 4) is 0 Å². The fourth-order valence-electron chi connectivity index (χ4n) is 3.24. The molecule has 0 radical (unpaired) electrons. The number of imide groups is 1. The number of benzene rings is 2. The van der Waals surface area contributed by atoms with Gasteiger partial charge in [-0.05, 0) is 24.0 Å². The predicted octanol–water partition coefficient (Wildman–Crippen LogP) is 2.96. The van der Waals surface area contributed by atoms with Crippen molar-refractivity contribution in [3.63, 3.8) is 0 Å². The smallest absolute Gasteiger partial charge is 0.417 e. The third-order valence-corrected chi connectivity index (χ3v) is 4.61. The molecule has 0 bridgehead atoms. The maximum Gasteiger partial charge on any atom is 0.417 e. The number of nitrogens with zero attached hydrogens (tertiary/aromatic N) is 1. The highest BCUT2D eigenvalue weighted by Crippen LogP contribution is 2.29. The van der Waals surface area contributed by atoms with Crippen LogP contribution >= 0.6 is 0 Å². The largest absolute Gasteiger partial charge is 0.467 e. The number of rotatable bonds is 5. The molecule has 2 atom stereocenters. The molecule has 1 heterocycles. The molecule has 1 fully saturated rings. The number of esters is 1. The maximum absolute atomic E-state index is 12.8. The summed E-state index contributed by atoms with van der Waals surface area (Å²) in [6.07, 6.45) is -0.147. The minimum atomic E-state index is -0.959. The molecule has 1 saturated heterocycles. The highest BCUT2D eigenvalue weighted by molar-refractivity contribution is 6.00. The van der Waals surface area contributed by atoms with E-state index in [0.29, 0.717) is 6.42 Å². The number of amides is 2. The Morgan fingerprint density at radius 1 is 1.00 bits per heavy atom. The van der Waals surface area contributed by atoms with Crippen molar-refractivity contribution in [1.82, 2.24) is 4.90 Å². The SMILES string of the molecule is COC(=O)[C@@H]1C[C@H](Cc2ccccc2)C(=O)N1C(=O)OCc1ccccc1. The minimum Gasteiger partial charge on any atom is -0.467 e. The molecule has 1 aliphatic heterocycles. The van der Waals surface area contributed by atoms with E-state index in [0.717, 1.165) is 16.0 Å². The minimum absolute atomic E-state index is 0.0285. The van der Waals surface area contributed by atoms with Crippen LogP contribution < -0.4 is 0 Å². The first-order valence-electron chi connectivity index (χ1n) is 8.75. The third-order valence-electron chi connectivity index (χ3n) is 4.61. The van der Waals surface area contributed by atoms with Crippen LogP contribution in [0, 0.1) is 5.92 Å². The van der Waals surface area contributed by atoms with Crippen LogP contribution in [0.1, 0.15) is 17.5 Å². The summed E-state index contributed by atoms with van der Waals surface area (Å²) in [7, 11) is 1.24. The molecule has 2 aromatic carbocycles. The molecular weight excluding hydrogens is 346 g/mol. The lowest BCUT2D eigenvalue weighted by atomic mass is 9.96. The van der Waals surface area contributed by atoms with Gasteiger partial charge in [-0.15, -0.1) is 0 Å². The monoisotopic (exact) mass is 367 g/mol. The number of carbonyl (C=O) groups excluding carboxylic acids is 3. The van der Waals surface area contributed by atoms with E-state index in [1.54, 1.807) is 0 Å². The Balaban J connectivity index is 1.72. The molecule has 0 saturated carbocycles. The number of carbonyl (C=O) groups is 3. The third kappa shape index (κ3) is 4.34. The van der Waals surface area contributed by atoms with Gasteiger partial charge in [0.1, 0.15) is 12.6 Å². The molecule has 3 rings (SSSR count). The summed E-state index contributed by atoms with van der Waals surface area (Å²) in [6.45, 7) is 0.0285. The molecule has 6 nitrogen and oxygen atoms in total. The molecule has 2 aromatic rings. The van der Waals surface area contributed by atoms with Gasteiger partial charge >= 0.3 is 12.1 Å². The van der Waals surface area contributed by atoms with Gasteiger partial charge in [0, 0.05) is 5.92 Å². The van der Waals surface area contributed by atoms with Crippen molar-refractivity contribution in [2.24, 2.45) is 5.92 Å². The van der Waals surface area contributed by atoms with Gasteiger partial charge in [-0.2, -0.15) is 0 Å². The van der Waals surface area contributed by atoms with E-state index in [1.807, 2.05) is 60.7 Å². The number of likely N-dealkylation sites (tertiary alicyclic amines) is 1. The molecule has 0 N–H and O–H groups in total. The molecule has 6 heteroatoms. The lowest BCUT2D eigenvalue weighted by molar-refractivity contribution is -0.148. The molecule has 0 aliphatic carbocycles. The van der Waals surface area contributed by atoms with Crippen LogP contribution in [0.2, 0.25) is 0 Å². The summed E-state index contributed by atoms with van der Waals surface area (Å²) in [6, 6.07) is 17.7. The van der Waals surface area contributed by atoms with Crippen molar-refractivity contribution in [3.05, 3.63) is 71.8 Å². The Morgan fingerprint density at radius 3 is 2.19 bits per heavy atom. The van der Waals surface area contributed by atoms with Gasteiger partial charge in [0.05, 0.1) is 7.11 Å². The lowest BCUT2D eigenvalue weighted by Crippen LogP contribution is -2.44. The van der Waals surface area contributed by atoms with Gasteiger partial charge in [0.2, 0.25) is 5.91 Å². The second kappa shape index (κ2) is 8.49. The Labute approximate surface area is 157 Å². The average Bonchev–Trinajstić information content (AvgIpc) is 3.03. The fraction of sp³-hybridized carbons (Fsp3) is 0.286. The van der Waals surface area contributed by atoms with Gasteiger partial charge < -0.3 is 9.47 Å². The van der Waals surface area contributed by atoms with Gasteiger partial charge in [0.25, 0.3) is 0 Å². The summed E-state index contributed by atoms with van der Waals surface area (Å²) in [5.74, 6) is -1.50. The van der Waals surface area contributed by atoms with Crippen molar-refractivity contribution in [2.45, 2.75) is 25.5 Å². The molecule has 0 unspecified atom stereocenters.